The van der Waals surface area contributed by atoms with Gasteiger partial charge in [0, 0.05) is 11.1 Å². The SMILES string of the molecule is Cc1cnc(C(C)NC(=O)C(C#N)Cc2ccccc2)s1. The summed E-state index contributed by atoms with van der Waals surface area (Å²) in [6, 6.07) is 11.5. The number of benzene rings is 1. The molecule has 0 aliphatic rings. The fourth-order valence-corrected chi connectivity index (χ4v) is 2.77. The summed E-state index contributed by atoms with van der Waals surface area (Å²) >= 11 is 1.55. The number of carbonyl (C=O) groups excluding carboxylic acids is 1. The van der Waals surface area contributed by atoms with Crippen LogP contribution in [0.3, 0.4) is 0 Å². The second-order valence-electron chi connectivity index (χ2n) is 4.91. The highest BCUT2D eigenvalue weighted by Gasteiger charge is 2.21. The molecule has 1 aromatic heterocycles. The topological polar surface area (TPSA) is 65.8 Å². The van der Waals surface area contributed by atoms with Crippen LogP contribution in [-0.2, 0) is 11.2 Å². The maximum atomic E-state index is 12.2. The number of aromatic nitrogens is 1. The van der Waals surface area contributed by atoms with Gasteiger partial charge in [0.05, 0.1) is 12.1 Å². The Bertz CT molecular complexity index is 645. The van der Waals surface area contributed by atoms with Gasteiger partial charge in [0.2, 0.25) is 5.91 Å². The van der Waals surface area contributed by atoms with Gasteiger partial charge in [0.1, 0.15) is 10.9 Å². The van der Waals surface area contributed by atoms with Gasteiger partial charge in [-0.1, -0.05) is 30.3 Å². The Morgan fingerprint density at radius 3 is 2.71 bits per heavy atom. The fourth-order valence-electron chi connectivity index (χ4n) is 1.99. The zero-order chi connectivity index (χ0) is 15.2. The molecule has 1 amide bonds. The molecule has 2 unspecified atom stereocenters. The molecule has 108 valence electrons. The van der Waals surface area contributed by atoms with Crippen LogP contribution >= 0.6 is 11.3 Å². The van der Waals surface area contributed by atoms with E-state index in [0.717, 1.165) is 15.4 Å². The number of nitriles is 1. The van der Waals surface area contributed by atoms with Crippen molar-refractivity contribution in [1.29, 1.82) is 5.26 Å². The summed E-state index contributed by atoms with van der Waals surface area (Å²) < 4.78 is 0. The van der Waals surface area contributed by atoms with Gasteiger partial charge < -0.3 is 5.32 Å². The van der Waals surface area contributed by atoms with Crippen LogP contribution in [-0.4, -0.2) is 10.9 Å². The Labute approximate surface area is 128 Å². The van der Waals surface area contributed by atoms with Crippen LogP contribution in [0, 0.1) is 24.2 Å². The van der Waals surface area contributed by atoms with Crippen LogP contribution in [0.5, 0.6) is 0 Å². The third kappa shape index (κ3) is 4.14. The largest absolute Gasteiger partial charge is 0.346 e. The number of thiazole rings is 1. The average molecular weight is 299 g/mol. The monoisotopic (exact) mass is 299 g/mol. The lowest BCUT2D eigenvalue weighted by Crippen LogP contribution is -2.33. The van der Waals surface area contributed by atoms with Crippen molar-refractivity contribution in [1.82, 2.24) is 10.3 Å². The molecule has 0 bridgehead atoms. The van der Waals surface area contributed by atoms with E-state index in [-0.39, 0.29) is 11.9 Å². The summed E-state index contributed by atoms with van der Waals surface area (Å²) in [5.74, 6) is -0.933. The Morgan fingerprint density at radius 2 is 2.14 bits per heavy atom. The first kappa shape index (κ1) is 15.2. The molecule has 1 heterocycles. The molecule has 21 heavy (non-hydrogen) atoms. The van der Waals surface area contributed by atoms with Crippen molar-refractivity contribution < 1.29 is 4.79 Å². The first-order valence-electron chi connectivity index (χ1n) is 6.76. The van der Waals surface area contributed by atoms with Crippen molar-refractivity contribution in [3.8, 4) is 6.07 Å². The number of rotatable bonds is 5. The highest BCUT2D eigenvalue weighted by atomic mass is 32.1. The third-order valence-electron chi connectivity index (χ3n) is 3.12. The molecule has 0 saturated carbocycles. The van der Waals surface area contributed by atoms with Gasteiger partial charge in [-0.05, 0) is 25.8 Å². The van der Waals surface area contributed by atoms with E-state index in [1.54, 1.807) is 17.5 Å². The van der Waals surface area contributed by atoms with E-state index >= 15 is 0 Å². The zero-order valence-electron chi connectivity index (χ0n) is 12.0. The van der Waals surface area contributed by atoms with Crippen LogP contribution in [0.1, 0.15) is 28.4 Å². The summed E-state index contributed by atoms with van der Waals surface area (Å²) in [4.78, 5) is 17.6. The van der Waals surface area contributed by atoms with Crippen LogP contribution in [0.4, 0.5) is 0 Å². The van der Waals surface area contributed by atoms with Crippen molar-refractivity contribution in [3.63, 3.8) is 0 Å². The van der Waals surface area contributed by atoms with E-state index < -0.39 is 5.92 Å². The van der Waals surface area contributed by atoms with Crippen molar-refractivity contribution in [3.05, 3.63) is 52.0 Å². The van der Waals surface area contributed by atoms with Gasteiger partial charge in [-0.25, -0.2) is 4.98 Å². The molecule has 0 aliphatic carbocycles. The normalized spacial score (nSPS) is 13.2. The van der Waals surface area contributed by atoms with Gasteiger partial charge >= 0.3 is 0 Å². The number of hydrogen-bond acceptors (Lipinski definition) is 4. The standard InChI is InChI=1S/C16H17N3OS/c1-11-10-18-16(21-11)12(2)19-15(20)14(9-17)8-13-6-4-3-5-7-13/h3-7,10,12,14H,8H2,1-2H3,(H,19,20). The number of carbonyl (C=O) groups is 1. The number of nitrogens with zero attached hydrogens (tertiary/aromatic N) is 2. The molecule has 4 nitrogen and oxygen atoms in total. The molecule has 2 rings (SSSR count). The lowest BCUT2D eigenvalue weighted by molar-refractivity contribution is -0.124. The molecule has 0 spiro atoms. The lowest BCUT2D eigenvalue weighted by Gasteiger charge is -2.14. The minimum absolute atomic E-state index is 0.178. The highest BCUT2D eigenvalue weighted by molar-refractivity contribution is 7.11. The number of amides is 1. The molecule has 1 N–H and O–H groups in total. The summed E-state index contributed by atoms with van der Waals surface area (Å²) in [5.41, 5.74) is 0.983. The number of nitrogens with one attached hydrogen (secondary N) is 1. The molecule has 1 aromatic carbocycles. The smallest absolute Gasteiger partial charge is 0.238 e. The average Bonchev–Trinajstić information content (AvgIpc) is 2.92. The number of hydrogen-bond donors (Lipinski definition) is 1. The van der Waals surface area contributed by atoms with Crippen molar-refractivity contribution >= 4 is 17.2 Å². The molecule has 0 fully saturated rings. The van der Waals surface area contributed by atoms with Crippen LogP contribution in [0.2, 0.25) is 0 Å². The Hall–Kier alpha value is -2.19. The molecule has 2 aromatic rings. The van der Waals surface area contributed by atoms with Gasteiger partial charge in [0.25, 0.3) is 0 Å². The molecular weight excluding hydrogens is 282 g/mol. The second-order valence-corrected chi connectivity index (χ2v) is 6.18. The summed E-state index contributed by atoms with van der Waals surface area (Å²) in [6.45, 7) is 3.86. The molecule has 0 aliphatic heterocycles. The quantitative estimate of drug-likeness (QED) is 0.923. The highest BCUT2D eigenvalue weighted by Crippen LogP contribution is 2.19. The van der Waals surface area contributed by atoms with E-state index in [9.17, 15) is 10.1 Å². The third-order valence-corrected chi connectivity index (χ3v) is 4.22. The van der Waals surface area contributed by atoms with Crippen LogP contribution in [0.25, 0.3) is 0 Å². The van der Waals surface area contributed by atoms with Gasteiger partial charge in [-0.3, -0.25) is 4.79 Å². The van der Waals surface area contributed by atoms with E-state index in [2.05, 4.69) is 16.4 Å². The van der Waals surface area contributed by atoms with Crippen molar-refractivity contribution in [2.45, 2.75) is 26.3 Å². The Balaban J connectivity index is 1.99. The van der Waals surface area contributed by atoms with E-state index in [0.29, 0.717) is 6.42 Å². The van der Waals surface area contributed by atoms with E-state index in [1.807, 2.05) is 44.2 Å². The molecule has 2 atom stereocenters. The predicted molar refractivity (Wildman–Crippen MR) is 82.7 cm³/mol. The van der Waals surface area contributed by atoms with Crippen LogP contribution in [0.15, 0.2) is 36.5 Å². The molecule has 0 saturated heterocycles. The maximum Gasteiger partial charge on any atom is 0.238 e. The maximum absolute atomic E-state index is 12.2. The summed E-state index contributed by atoms with van der Waals surface area (Å²) in [7, 11) is 0. The molecule has 5 heteroatoms. The zero-order valence-corrected chi connectivity index (χ0v) is 12.9. The van der Waals surface area contributed by atoms with Crippen LogP contribution < -0.4 is 5.32 Å². The van der Waals surface area contributed by atoms with Gasteiger partial charge in [0.15, 0.2) is 0 Å². The Kier molecular flexibility index (Phi) is 5.07. The predicted octanol–water partition coefficient (Wildman–Crippen LogP) is 3.01. The van der Waals surface area contributed by atoms with E-state index in [1.165, 1.54) is 0 Å². The van der Waals surface area contributed by atoms with Crippen molar-refractivity contribution in [2.75, 3.05) is 0 Å². The number of aryl methyl sites for hydroxylation is 1. The molecule has 0 radical (unpaired) electrons. The first-order chi connectivity index (χ1) is 10.1. The van der Waals surface area contributed by atoms with Gasteiger partial charge in [-0.15, -0.1) is 11.3 Å². The first-order valence-corrected chi connectivity index (χ1v) is 7.58. The summed E-state index contributed by atoms with van der Waals surface area (Å²) in [5, 5.41) is 12.9. The fraction of sp³-hybridized carbons (Fsp3) is 0.312. The second kappa shape index (κ2) is 7.00. The lowest BCUT2D eigenvalue weighted by atomic mass is 9.99. The minimum Gasteiger partial charge on any atom is -0.346 e. The van der Waals surface area contributed by atoms with Crippen molar-refractivity contribution in [2.24, 2.45) is 5.92 Å². The van der Waals surface area contributed by atoms with Gasteiger partial charge in [-0.2, -0.15) is 5.26 Å². The van der Waals surface area contributed by atoms with E-state index in [4.69, 9.17) is 0 Å². The Morgan fingerprint density at radius 1 is 1.43 bits per heavy atom. The summed E-state index contributed by atoms with van der Waals surface area (Å²) in [6.07, 6.45) is 2.21. The molecular formula is C16H17N3OS. The minimum atomic E-state index is -0.684.